The lowest BCUT2D eigenvalue weighted by atomic mass is 10.0. The van der Waals surface area contributed by atoms with Crippen LogP contribution < -0.4 is 5.32 Å². The van der Waals surface area contributed by atoms with Gasteiger partial charge >= 0.3 is 14.9 Å². The van der Waals surface area contributed by atoms with Gasteiger partial charge in [-0.3, -0.25) is 0 Å². The zero-order valence-electron chi connectivity index (χ0n) is 21.7. The van der Waals surface area contributed by atoms with E-state index in [1.807, 2.05) is 20.8 Å². The lowest BCUT2D eigenvalue weighted by Gasteiger charge is -2.28. The van der Waals surface area contributed by atoms with Crippen molar-refractivity contribution in [2.24, 2.45) is 0 Å². The van der Waals surface area contributed by atoms with Crippen LogP contribution in [0.1, 0.15) is 111 Å². The molecule has 0 bridgehead atoms. The first-order chi connectivity index (χ1) is 16.2. The van der Waals surface area contributed by atoms with Crippen molar-refractivity contribution < 1.29 is 22.8 Å². The van der Waals surface area contributed by atoms with Gasteiger partial charge in [0, 0.05) is 32.4 Å². The van der Waals surface area contributed by atoms with E-state index >= 15 is 0 Å². The molecule has 33 heavy (non-hydrogen) atoms. The third kappa shape index (κ3) is 15.6. The van der Waals surface area contributed by atoms with Crippen molar-refractivity contribution in [2.45, 2.75) is 123 Å². The Labute approximate surface area is 204 Å². The number of carbonyl (C=O) groups excluding carboxylic acids is 1. The number of nitrogens with one attached hydrogen (secondary N) is 1. The van der Waals surface area contributed by atoms with Crippen molar-refractivity contribution in [2.75, 3.05) is 26.4 Å². The molecule has 0 heterocycles. The molecule has 6 nitrogen and oxygen atoms in total. The first-order valence-electron chi connectivity index (χ1n) is 13.7. The maximum absolute atomic E-state index is 12.4. The van der Waals surface area contributed by atoms with Crippen molar-refractivity contribution in [3.63, 3.8) is 0 Å². The molecule has 1 aliphatic carbocycles. The van der Waals surface area contributed by atoms with E-state index < -0.39 is 8.80 Å². The van der Waals surface area contributed by atoms with Gasteiger partial charge in [-0.2, -0.15) is 0 Å². The summed E-state index contributed by atoms with van der Waals surface area (Å²) < 4.78 is 23.5. The number of rotatable bonds is 11. The number of carbonyl (C=O) groups is 1. The van der Waals surface area contributed by atoms with E-state index in [0.717, 1.165) is 32.1 Å². The second kappa shape index (κ2) is 20.5. The Morgan fingerprint density at radius 2 is 1.27 bits per heavy atom. The molecule has 1 unspecified atom stereocenters. The van der Waals surface area contributed by atoms with Gasteiger partial charge in [0.25, 0.3) is 0 Å². The fraction of sp³-hybridized carbons (Fsp3) is 0.885. The Bertz CT molecular complexity index is 486. The molecular weight excluding hydrogens is 434 g/mol. The summed E-state index contributed by atoms with van der Waals surface area (Å²) in [7, 11) is -2.65. The van der Waals surface area contributed by atoms with E-state index in [9.17, 15) is 4.79 Å². The Hall–Kier alpha value is -0.893. The average Bonchev–Trinajstić information content (AvgIpc) is 2.79. The molecule has 1 rings (SSSR count). The largest absolute Gasteiger partial charge is 0.500 e. The van der Waals surface area contributed by atoms with Crippen LogP contribution in [0.2, 0.25) is 6.04 Å². The molecule has 1 aliphatic rings. The van der Waals surface area contributed by atoms with E-state index in [0.29, 0.717) is 32.4 Å². The second-order valence-electron chi connectivity index (χ2n) is 8.85. The smallest absolute Gasteiger partial charge is 0.446 e. The number of hydrogen-bond acceptors (Lipinski definition) is 5. The Morgan fingerprint density at radius 1 is 0.788 bits per heavy atom. The summed E-state index contributed by atoms with van der Waals surface area (Å²) in [6.45, 7) is 8.13. The van der Waals surface area contributed by atoms with Gasteiger partial charge in [0.05, 0.1) is 0 Å². The zero-order valence-corrected chi connectivity index (χ0v) is 22.7. The van der Waals surface area contributed by atoms with Gasteiger partial charge in [-0.1, -0.05) is 44.3 Å². The number of ether oxygens (including phenoxy) is 1. The molecule has 0 aromatic rings. The maximum Gasteiger partial charge on any atom is 0.500 e. The number of amides is 1. The fourth-order valence-electron chi connectivity index (χ4n) is 4.34. The Balaban J connectivity index is 2.40. The lowest BCUT2D eigenvalue weighted by Crippen LogP contribution is -2.46. The summed E-state index contributed by atoms with van der Waals surface area (Å²) >= 11 is 0. The molecule has 0 fully saturated rings. The van der Waals surface area contributed by atoms with Crippen LogP contribution in [0.5, 0.6) is 0 Å². The normalized spacial score (nSPS) is 20.8. The minimum absolute atomic E-state index is 0.0292. The van der Waals surface area contributed by atoms with Crippen molar-refractivity contribution in [3.05, 3.63) is 12.2 Å². The summed E-state index contributed by atoms with van der Waals surface area (Å²) in [5.41, 5.74) is 0. The van der Waals surface area contributed by atoms with Crippen LogP contribution in [0.15, 0.2) is 12.2 Å². The van der Waals surface area contributed by atoms with Crippen LogP contribution in [0.25, 0.3) is 0 Å². The monoisotopic (exact) mass is 485 g/mol. The SMILES string of the molecule is CCO[Si](CCCNC(=O)OC1CCCCCC/C=C/CCCCCCC1)(OCC)OCC. The molecule has 0 aliphatic heterocycles. The van der Waals surface area contributed by atoms with E-state index in [4.69, 9.17) is 18.0 Å². The maximum atomic E-state index is 12.4. The number of alkyl carbamates (subject to hydrolysis) is 1. The van der Waals surface area contributed by atoms with Gasteiger partial charge < -0.3 is 23.3 Å². The quantitative estimate of drug-likeness (QED) is 0.191. The third-order valence-corrected chi connectivity index (χ3v) is 9.16. The summed E-state index contributed by atoms with van der Waals surface area (Å²) in [6, 6.07) is 0.696. The molecule has 194 valence electrons. The average molecular weight is 486 g/mol. The van der Waals surface area contributed by atoms with E-state index in [2.05, 4.69) is 17.5 Å². The molecular formula is C26H51NO5Si. The molecule has 0 aromatic heterocycles. The van der Waals surface area contributed by atoms with Crippen molar-refractivity contribution in [1.82, 2.24) is 5.32 Å². The number of allylic oxidation sites excluding steroid dienone is 2. The molecule has 0 spiro atoms. The summed E-state index contributed by atoms with van der Waals surface area (Å²) in [5.74, 6) is 0. The van der Waals surface area contributed by atoms with Gasteiger partial charge in [0.2, 0.25) is 0 Å². The molecule has 1 atom stereocenters. The van der Waals surface area contributed by atoms with Crippen LogP contribution in [0, 0.1) is 0 Å². The lowest BCUT2D eigenvalue weighted by molar-refractivity contribution is 0.0697. The molecule has 7 heteroatoms. The van der Waals surface area contributed by atoms with Crippen LogP contribution in [0.3, 0.4) is 0 Å². The first-order valence-corrected chi connectivity index (χ1v) is 15.6. The van der Waals surface area contributed by atoms with Crippen molar-refractivity contribution in [3.8, 4) is 0 Å². The predicted octanol–water partition coefficient (Wildman–Crippen LogP) is 7.16. The number of hydrogen-bond donors (Lipinski definition) is 1. The summed E-state index contributed by atoms with van der Waals surface area (Å²) in [5, 5.41) is 2.94. The van der Waals surface area contributed by atoms with Gasteiger partial charge in [0.1, 0.15) is 6.10 Å². The van der Waals surface area contributed by atoms with Gasteiger partial charge in [-0.05, 0) is 78.6 Å². The molecule has 0 radical (unpaired) electrons. The highest BCUT2D eigenvalue weighted by molar-refractivity contribution is 6.60. The minimum Gasteiger partial charge on any atom is -0.446 e. The molecule has 0 aromatic carbocycles. The standard InChI is InChI=1S/C26H51NO5Si/c1-4-29-33(30-5-2,31-6-3)24-20-23-27-26(28)32-25-21-18-16-14-12-10-8-7-9-11-13-15-17-19-22-25/h7-8,25H,4-6,9-24H2,1-3H3,(H,27,28)/b8-7+. The second-order valence-corrected chi connectivity index (χ2v) is 11.6. The van der Waals surface area contributed by atoms with Crippen LogP contribution in [-0.2, 0) is 18.0 Å². The summed E-state index contributed by atoms with van der Waals surface area (Å²) in [4.78, 5) is 12.4. The Kier molecular flexibility index (Phi) is 18.7. The first kappa shape index (κ1) is 30.1. The topological polar surface area (TPSA) is 66.0 Å². The van der Waals surface area contributed by atoms with Gasteiger partial charge in [0.15, 0.2) is 0 Å². The molecule has 1 N–H and O–H groups in total. The summed E-state index contributed by atoms with van der Waals surface area (Å²) in [6.07, 6.45) is 20.7. The van der Waals surface area contributed by atoms with Crippen molar-refractivity contribution in [1.29, 1.82) is 0 Å². The highest BCUT2D eigenvalue weighted by atomic mass is 28.4. The minimum atomic E-state index is -2.65. The van der Waals surface area contributed by atoms with Gasteiger partial charge in [-0.15, -0.1) is 0 Å². The molecule has 0 saturated carbocycles. The third-order valence-electron chi connectivity index (χ3n) is 6.01. The van der Waals surface area contributed by atoms with Crippen LogP contribution in [0.4, 0.5) is 4.79 Å². The van der Waals surface area contributed by atoms with Crippen molar-refractivity contribution >= 4 is 14.9 Å². The van der Waals surface area contributed by atoms with Crippen LogP contribution >= 0.6 is 0 Å². The Morgan fingerprint density at radius 3 is 1.79 bits per heavy atom. The molecule has 0 saturated heterocycles. The van der Waals surface area contributed by atoms with Gasteiger partial charge in [-0.25, -0.2) is 4.79 Å². The predicted molar refractivity (Wildman–Crippen MR) is 137 cm³/mol. The fourth-order valence-corrected chi connectivity index (χ4v) is 6.95. The van der Waals surface area contributed by atoms with E-state index in [1.165, 1.54) is 57.8 Å². The van der Waals surface area contributed by atoms with Crippen LogP contribution in [-0.4, -0.2) is 47.4 Å². The zero-order chi connectivity index (χ0) is 24.0. The highest BCUT2D eigenvalue weighted by Crippen LogP contribution is 2.19. The highest BCUT2D eigenvalue weighted by Gasteiger charge is 2.39. The molecule has 1 amide bonds. The van der Waals surface area contributed by atoms with E-state index in [1.54, 1.807) is 0 Å². The van der Waals surface area contributed by atoms with E-state index in [-0.39, 0.29) is 12.2 Å².